The van der Waals surface area contributed by atoms with Gasteiger partial charge in [-0.3, -0.25) is 29.0 Å². The number of benzene rings is 2. The Morgan fingerprint density at radius 3 is 2.14 bits per heavy atom. The van der Waals surface area contributed by atoms with Gasteiger partial charge in [0.05, 0.1) is 18.5 Å². The average Bonchev–Trinajstić information content (AvgIpc) is 3.03. The highest BCUT2D eigenvalue weighted by Crippen LogP contribution is 2.62. The average molecular weight is 697 g/mol. The molecule has 12 nitrogen and oxygen atoms in total. The Balaban J connectivity index is 1.52. The first-order chi connectivity index (χ1) is 23.1. The second-order valence-corrected chi connectivity index (χ2v) is 16.1. The fourth-order valence-corrected chi connectivity index (χ4v) is 9.93. The molecule has 4 bridgehead atoms. The number of hydrazine groups is 1. The number of ketones is 1. The maximum absolute atomic E-state index is 15.2. The molecule has 262 valence electrons. The Morgan fingerprint density at radius 2 is 1.57 bits per heavy atom. The number of carboxylic acids is 1. The van der Waals surface area contributed by atoms with Gasteiger partial charge in [0.25, 0.3) is 5.91 Å². The van der Waals surface area contributed by atoms with Gasteiger partial charge in [0.15, 0.2) is 5.78 Å². The molecule has 0 radical (unpaired) electrons. The van der Waals surface area contributed by atoms with E-state index in [1.807, 2.05) is 4.83 Å². The minimum Gasteiger partial charge on any atom is -0.480 e. The standard InChI is InChI=1S/C35H41FN4O8S/c1-21(41)40-29(34(46)39(20-32(43)44)37-49(2,47)48)14-31(42)26-8-4-6-10-28(26)38(19-25-7-3-5-9-27(25)36)33(45)30(40)18-35-15-22-11-23(16-35)13-24(12-22)17-35/h3-10,22-24,29-30,37H,11-20H2,1-2H3,(H,43,44)/t22?,23?,24?,29-,30+,35?/m0/s1. The third-order valence-electron chi connectivity index (χ3n) is 10.7. The summed E-state index contributed by atoms with van der Waals surface area (Å²) in [6.45, 7) is -0.202. The van der Waals surface area contributed by atoms with Crippen molar-refractivity contribution in [1.29, 1.82) is 0 Å². The topological polar surface area (TPSA) is 161 Å². The Morgan fingerprint density at radius 1 is 0.980 bits per heavy atom. The van der Waals surface area contributed by atoms with E-state index in [-0.39, 0.29) is 35.2 Å². The molecule has 14 heteroatoms. The smallest absolute Gasteiger partial charge is 0.324 e. The SMILES string of the molecule is CC(=O)N1[C@H](CC23CC4CC(CC(C4)C2)C3)C(=O)N(Cc2ccccc2F)c2ccccc2C(=O)C[C@H]1C(=O)N(CC(=O)O)NS(C)(=O)=O. The van der Waals surface area contributed by atoms with Crippen molar-refractivity contribution in [3.8, 4) is 0 Å². The van der Waals surface area contributed by atoms with Crippen molar-refractivity contribution in [2.24, 2.45) is 23.2 Å². The Kier molecular flexibility index (Phi) is 9.40. The normalized spacial score (nSPS) is 28.0. The predicted octanol–water partition coefficient (Wildman–Crippen LogP) is 3.51. The molecule has 4 saturated carbocycles. The van der Waals surface area contributed by atoms with E-state index in [0.29, 0.717) is 22.8 Å². The number of aliphatic carboxylic acids is 1. The molecule has 49 heavy (non-hydrogen) atoms. The number of amides is 3. The molecule has 5 aliphatic rings. The molecule has 0 saturated heterocycles. The Bertz CT molecular complexity index is 1760. The number of anilines is 1. The molecule has 2 atom stereocenters. The van der Waals surface area contributed by atoms with Crippen LogP contribution in [-0.4, -0.2) is 77.8 Å². The van der Waals surface area contributed by atoms with Crippen molar-refractivity contribution < 1.29 is 41.9 Å². The zero-order chi connectivity index (χ0) is 35.2. The number of nitrogens with one attached hydrogen (secondary N) is 1. The van der Waals surface area contributed by atoms with Crippen LogP contribution in [0.15, 0.2) is 48.5 Å². The maximum atomic E-state index is 15.2. The quantitative estimate of drug-likeness (QED) is 0.377. The fourth-order valence-electron chi connectivity index (χ4n) is 9.38. The highest BCUT2D eigenvalue weighted by atomic mass is 32.2. The molecule has 0 unspecified atom stereocenters. The number of fused-ring (bicyclic) bond motifs is 1. The number of rotatable bonds is 9. The molecule has 4 aliphatic carbocycles. The number of hydrogen-bond acceptors (Lipinski definition) is 7. The Hall–Kier alpha value is -4.17. The van der Waals surface area contributed by atoms with Gasteiger partial charge in [-0.1, -0.05) is 30.3 Å². The minimum absolute atomic E-state index is 0.0461. The molecule has 1 heterocycles. The number of nitrogens with zero attached hydrogens (tertiary/aromatic N) is 3. The molecular formula is C35H41FN4O8S. The van der Waals surface area contributed by atoms with Crippen LogP contribution in [-0.2, 0) is 35.7 Å². The molecule has 2 aromatic carbocycles. The van der Waals surface area contributed by atoms with E-state index in [1.165, 1.54) is 36.1 Å². The lowest BCUT2D eigenvalue weighted by Crippen LogP contribution is -2.62. The molecular weight excluding hydrogens is 655 g/mol. The van der Waals surface area contributed by atoms with Crippen molar-refractivity contribution in [3.05, 3.63) is 65.5 Å². The summed E-state index contributed by atoms with van der Waals surface area (Å²) in [5, 5.41) is 9.96. The highest BCUT2D eigenvalue weighted by Gasteiger charge is 2.54. The highest BCUT2D eigenvalue weighted by molar-refractivity contribution is 7.88. The van der Waals surface area contributed by atoms with Crippen LogP contribution in [0, 0.1) is 29.0 Å². The van der Waals surface area contributed by atoms with Crippen molar-refractivity contribution in [1.82, 2.24) is 14.7 Å². The zero-order valence-corrected chi connectivity index (χ0v) is 28.3. The van der Waals surface area contributed by atoms with E-state index in [0.717, 1.165) is 49.7 Å². The molecule has 3 amide bonds. The van der Waals surface area contributed by atoms with Gasteiger partial charge in [-0.05, 0) is 86.3 Å². The lowest BCUT2D eigenvalue weighted by atomic mass is 9.48. The van der Waals surface area contributed by atoms with E-state index in [4.69, 9.17) is 0 Å². The van der Waals surface area contributed by atoms with Gasteiger partial charge in [0, 0.05) is 24.5 Å². The summed E-state index contributed by atoms with van der Waals surface area (Å²) in [5.74, 6) is -3.83. The van der Waals surface area contributed by atoms with Crippen LogP contribution in [0.1, 0.15) is 74.2 Å². The first-order valence-corrected chi connectivity index (χ1v) is 18.5. The second kappa shape index (κ2) is 13.3. The van der Waals surface area contributed by atoms with E-state index in [9.17, 15) is 32.7 Å². The monoisotopic (exact) mass is 696 g/mol. The number of halogens is 1. The van der Waals surface area contributed by atoms with Crippen molar-refractivity contribution in [3.63, 3.8) is 0 Å². The first-order valence-electron chi connectivity index (χ1n) is 16.6. The van der Waals surface area contributed by atoms with Crippen LogP contribution in [0.4, 0.5) is 10.1 Å². The summed E-state index contributed by atoms with van der Waals surface area (Å²) in [6.07, 6.45) is 6.12. The van der Waals surface area contributed by atoms with Crippen LogP contribution in [0.5, 0.6) is 0 Å². The van der Waals surface area contributed by atoms with Gasteiger partial charge in [-0.25, -0.2) is 12.8 Å². The van der Waals surface area contributed by atoms with Crippen LogP contribution >= 0.6 is 0 Å². The van der Waals surface area contributed by atoms with Gasteiger partial charge in [-0.15, -0.1) is 4.83 Å². The molecule has 0 aromatic heterocycles. The number of Topliss-reactive ketones (excluding diaryl/α,β-unsaturated/α-hetero) is 1. The van der Waals surface area contributed by atoms with Gasteiger partial charge in [0.1, 0.15) is 24.4 Å². The Labute approximate surface area is 284 Å². The van der Waals surface area contributed by atoms with Crippen LogP contribution in [0.25, 0.3) is 0 Å². The van der Waals surface area contributed by atoms with Gasteiger partial charge in [0.2, 0.25) is 21.8 Å². The lowest BCUT2D eigenvalue weighted by molar-refractivity contribution is -0.156. The first kappa shape index (κ1) is 34.7. The molecule has 1 aliphatic heterocycles. The summed E-state index contributed by atoms with van der Waals surface area (Å²) in [7, 11) is -4.19. The number of para-hydroxylation sites is 1. The second-order valence-electron chi connectivity index (χ2n) is 14.4. The molecule has 2 N–H and O–H groups in total. The number of carboxylic acid groups (broad SMARTS) is 1. The minimum atomic E-state index is -4.19. The van der Waals surface area contributed by atoms with Gasteiger partial charge < -0.3 is 14.9 Å². The van der Waals surface area contributed by atoms with Crippen LogP contribution in [0.2, 0.25) is 0 Å². The molecule has 2 aromatic rings. The summed E-state index contributed by atoms with van der Waals surface area (Å²) in [6, 6.07) is 9.16. The number of hydrogen-bond donors (Lipinski definition) is 2. The summed E-state index contributed by atoms with van der Waals surface area (Å²) in [5.41, 5.74) is 0.0795. The van der Waals surface area contributed by atoms with Crippen molar-refractivity contribution >= 4 is 45.2 Å². The van der Waals surface area contributed by atoms with E-state index in [1.54, 1.807) is 24.3 Å². The number of carbonyl (C=O) groups excluding carboxylic acids is 4. The maximum Gasteiger partial charge on any atom is 0.324 e. The third kappa shape index (κ3) is 7.25. The fraction of sp³-hybridized carbons (Fsp3) is 0.514. The van der Waals surface area contributed by atoms with E-state index in [2.05, 4.69) is 0 Å². The zero-order valence-electron chi connectivity index (χ0n) is 27.5. The van der Waals surface area contributed by atoms with E-state index < -0.39 is 70.4 Å². The molecule has 4 fully saturated rings. The van der Waals surface area contributed by atoms with Crippen LogP contribution in [0.3, 0.4) is 0 Å². The third-order valence-corrected chi connectivity index (χ3v) is 11.2. The predicted molar refractivity (Wildman–Crippen MR) is 176 cm³/mol. The van der Waals surface area contributed by atoms with Crippen LogP contribution < -0.4 is 9.73 Å². The molecule has 7 rings (SSSR count). The van der Waals surface area contributed by atoms with E-state index >= 15 is 9.18 Å². The molecule has 0 spiro atoms. The number of carbonyl (C=O) groups is 5. The lowest BCUT2D eigenvalue weighted by Gasteiger charge is -2.58. The van der Waals surface area contributed by atoms with Gasteiger partial charge >= 0.3 is 5.97 Å². The summed E-state index contributed by atoms with van der Waals surface area (Å²) >= 11 is 0. The van der Waals surface area contributed by atoms with Crippen molar-refractivity contribution in [2.75, 3.05) is 17.7 Å². The van der Waals surface area contributed by atoms with Crippen molar-refractivity contribution in [2.45, 2.75) is 76.9 Å². The summed E-state index contributed by atoms with van der Waals surface area (Å²) in [4.78, 5) is 73.5. The summed E-state index contributed by atoms with van der Waals surface area (Å²) < 4.78 is 39.7. The van der Waals surface area contributed by atoms with Gasteiger partial charge in [-0.2, -0.15) is 0 Å². The number of sulfonamides is 1. The largest absolute Gasteiger partial charge is 0.480 e.